The Kier molecular flexibility index (Phi) is 3.22. The Hall–Kier alpha value is -0.610. The van der Waals surface area contributed by atoms with Crippen molar-refractivity contribution in [2.45, 2.75) is 63.1 Å². The van der Waals surface area contributed by atoms with E-state index in [9.17, 15) is 4.79 Å². The van der Waals surface area contributed by atoms with Gasteiger partial charge in [-0.05, 0) is 45.1 Å². The van der Waals surface area contributed by atoms with Crippen LogP contribution in [0, 0.1) is 0 Å². The minimum Gasteiger partial charge on any atom is -0.368 e. The number of carbonyl (C=O) groups excluding carboxylic acids is 1. The molecular weight excluding hydrogens is 202 g/mol. The van der Waals surface area contributed by atoms with Crippen LogP contribution in [0.3, 0.4) is 0 Å². The Morgan fingerprint density at radius 2 is 2.06 bits per heavy atom. The smallest absolute Gasteiger partial charge is 0.237 e. The molecule has 2 aliphatic rings. The fourth-order valence-corrected chi connectivity index (χ4v) is 3.01. The van der Waals surface area contributed by atoms with Crippen molar-refractivity contribution >= 4 is 5.91 Å². The summed E-state index contributed by atoms with van der Waals surface area (Å²) >= 11 is 0. The van der Waals surface area contributed by atoms with Gasteiger partial charge in [0.25, 0.3) is 0 Å². The zero-order chi connectivity index (χ0) is 11.8. The van der Waals surface area contributed by atoms with Crippen LogP contribution in [0.15, 0.2) is 0 Å². The molecule has 2 atom stereocenters. The number of carbonyl (C=O) groups is 1. The topological polar surface area (TPSA) is 72.3 Å². The lowest BCUT2D eigenvalue weighted by molar-refractivity contribution is -0.125. The van der Waals surface area contributed by atoms with Crippen molar-refractivity contribution in [1.82, 2.24) is 4.90 Å². The van der Waals surface area contributed by atoms with Crippen molar-refractivity contribution in [3.8, 4) is 0 Å². The van der Waals surface area contributed by atoms with Crippen molar-refractivity contribution in [2.75, 3.05) is 6.54 Å². The third-order valence-corrected chi connectivity index (χ3v) is 4.10. The first-order chi connectivity index (χ1) is 7.57. The Morgan fingerprint density at radius 1 is 1.38 bits per heavy atom. The molecule has 0 aliphatic heterocycles. The van der Waals surface area contributed by atoms with E-state index < -0.39 is 5.54 Å². The molecule has 0 heterocycles. The maximum absolute atomic E-state index is 11.4. The number of rotatable bonds is 4. The first-order valence-electron chi connectivity index (χ1n) is 6.41. The van der Waals surface area contributed by atoms with Crippen LogP contribution >= 0.6 is 0 Å². The van der Waals surface area contributed by atoms with E-state index in [-0.39, 0.29) is 5.91 Å². The lowest BCUT2D eigenvalue weighted by Crippen LogP contribution is -2.58. The van der Waals surface area contributed by atoms with Gasteiger partial charge in [-0.1, -0.05) is 6.92 Å². The Balaban J connectivity index is 2.02. The van der Waals surface area contributed by atoms with Gasteiger partial charge in [0.1, 0.15) is 0 Å². The van der Waals surface area contributed by atoms with E-state index >= 15 is 0 Å². The van der Waals surface area contributed by atoms with Crippen LogP contribution in [0.1, 0.15) is 45.4 Å². The SMILES string of the molecule is CCN(C1CC1)C1CCCC(N)(C(N)=O)C1. The minimum absolute atomic E-state index is 0.330. The first-order valence-corrected chi connectivity index (χ1v) is 6.41. The summed E-state index contributed by atoms with van der Waals surface area (Å²) < 4.78 is 0. The van der Waals surface area contributed by atoms with E-state index in [1.54, 1.807) is 0 Å². The molecule has 16 heavy (non-hydrogen) atoms. The second kappa shape index (κ2) is 4.34. The van der Waals surface area contributed by atoms with Crippen LogP contribution in [0.2, 0.25) is 0 Å². The van der Waals surface area contributed by atoms with Gasteiger partial charge in [0, 0.05) is 12.1 Å². The number of nitrogens with two attached hydrogens (primary N) is 2. The van der Waals surface area contributed by atoms with Crippen LogP contribution < -0.4 is 11.5 Å². The number of hydrogen-bond donors (Lipinski definition) is 2. The summed E-state index contributed by atoms with van der Waals surface area (Å²) in [6.07, 6.45) is 6.29. The minimum atomic E-state index is -0.759. The summed E-state index contributed by atoms with van der Waals surface area (Å²) in [6.45, 7) is 3.25. The molecule has 4 heteroatoms. The molecule has 0 aromatic carbocycles. The molecule has 2 aliphatic carbocycles. The van der Waals surface area contributed by atoms with E-state index in [0.29, 0.717) is 6.04 Å². The van der Waals surface area contributed by atoms with E-state index in [1.807, 2.05) is 0 Å². The lowest BCUT2D eigenvalue weighted by atomic mass is 9.78. The molecule has 92 valence electrons. The maximum atomic E-state index is 11.4. The van der Waals surface area contributed by atoms with E-state index in [0.717, 1.165) is 38.3 Å². The molecule has 0 spiro atoms. The quantitative estimate of drug-likeness (QED) is 0.735. The van der Waals surface area contributed by atoms with Crippen LogP contribution in [-0.2, 0) is 4.79 Å². The highest BCUT2D eigenvalue weighted by Gasteiger charge is 2.42. The Bertz CT molecular complexity index is 277. The third kappa shape index (κ3) is 2.23. The number of nitrogens with zero attached hydrogens (tertiary/aromatic N) is 1. The van der Waals surface area contributed by atoms with E-state index in [1.165, 1.54) is 12.8 Å². The lowest BCUT2D eigenvalue weighted by Gasteiger charge is -2.41. The fourth-order valence-electron chi connectivity index (χ4n) is 3.01. The highest BCUT2D eigenvalue weighted by Crippen LogP contribution is 2.35. The van der Waals surface area contributed by atoms with Crippen molar-refractivity contribution in [1.29, 1.82) is 0 Å². The summed E-state index contributed by atoms with van der Waals surface area (Å²) in [5, 5.41) is 0. The maximum Gasteiger partial charge on any atom is 0.237 e. The summed E-state index contributed by atoms with van der Waals surface area (Å²) in [4.78, 5) is 13.9. The zero-order valence-electron chi connectivity index (χ0n) is 10.1. The van der Waals surface area contributed by atoms with Crippen LogP contribution in [0.5, 0.6) is 0 Å². The van der Waals surface area contributed by atoms with Gasteiger partial charge in [-0.3, -0.25) is 9.69 Å². The molecule has 2 rings (SSSR count). The van der Waals surface area contributed by atoms with Crippen LogP contribution in [-0.4, -0.2) is 35.0 Å². The van der Waals surface area contributed by atoms with Crippen LogP contribution in [0.25, 0.3) is 0 Å². The second-order valence-electron chi connectivity index (χ2n) is 5.33. The monoisotopic (exact) mass is 225 g/mol. The van der Waals surface area contributed by atoms with Gasteiger partial charge in [-0.2, -0.15) is 0 Å². The van der Waals surface area contributed by atoms with Gasteiger partial charge >= 0.3 is 0 Å². The average Bonchev–Trinajstić information content (AvgIpc) is 3.03. The largest absolute Gasteiger partial charge is 0.368 e. The molecule has 0 saturated heterocycles. The van der Waals surface area contributed by atoms with Crippen molar-refractivity contribution in [3.05, 3.63) is 0 Å². The van der Waals surface area contributed by atoms with Crippen molar-refractivity contribution in [3.63, 3.8) is 0 Å². The van der Waals surface area contributed by atoms with Gasteiger partial charge in [0.15, 0.2) is 0 Å². The summed E-state index contributed by atoms with van der Waals surface area (Å²) in [5.41, 5.74) is 10.8. The summed E-state index contributed by atoms with van der Waals surface area (Å²) in [5.74, 6) is -0.330. The molecule has 0 aromatic heterocycles. The predicted octanol–water partition coefficient (Wildman–Crippen LogP) is 0.596. The molecule has 2 unspecified atom stereocenters. The first kappa shape index (κ1) is 11.9. The zero-order valence-corrected chi connectivity index (χ0v) is 10.1. The van der Waals surface area contributed by atoms with Gasteiger partial charge in [0.2, 0.25) is 5.91 Å². The van der Waals surface area contributed by atoms with Crippen LogP contribution in [0.4, 0.5) is 0 Å². The van der Waals surface area contributed by atoms with Gasteiger partial charge in [-0.25, -0.2) is 0 Å². The molecule has 4 nitrogen and oxygen atoms in total. The molecule has 2 saturated carbocycles. The average molecular weight is 225 g/mol. The third-order valence-electron chi connectivity index (χ3n) is 4.10. The second-order valence-corrected chi connectivity index (χ2v) is 5.33. The van der Waals surface area contributed by atoms with Crippen molar-refractivity contribution < 1.29 is 4.79 Å². The molecule has 0 radical (unpaired) electrons. The standard InChI is InChI=1S/C12H23N3O/c1-2-15(9-5-6-9)10-4-3-7-12(14,8-10)11(13)16/h9-10H,2-8,14H2,1H3,(H2,13,16). The van der Waals surface area contributed by atoms with Crippen molar-refractivity contribution in [2.24, 2.45) is 11.5 Å². The Morgan fingerprint density at radius 3 is 2.56 bits per heavy atom. The summed E-state index contributed by atoms with van der Waals surface area (Å²) in [6, 6.07) is 1.20. The van der Waals surface area contributed by atoms with E-state index in [2.05, 4.69) is 11.8 Å². The predicted molar refractivity (Wildman–Crippen MR) is 63.8 cm³/mol. The number of amides is 1. The molecule has 1 amide bonds. The number of primary amides is 1. The molecule has 0 aromatic rings. The van der Waals surface area contributed by atoms with Gasteiger partial charge in [0.05, 0.1) is 5.54 Å². The van der Waals surface area contributed by atoms with Gasteiger partial charge in [-0.15, -0.1) is 0 Å². The normalized spacial score (nSPS) is 35.3. The summed E-state index contributed by atoms with van der Waals surface area (Å²) in [7, 11) is 0. The molecule has 2 fully saturated rings. The van der Waals surface area contributed by atoms with Gasteiger partial charge < -0.3 is 11.5 Å². The molecular formula is C12H23N3O. The van der Waals surface area contributed by atoms with E-state index in [4.69, 9.17) is 11.5 Å². The fraction of sp³-hybridized carbons (Fsp3) is 0.917. The molecule has 0 bridgehead atoms. The molecule has 4 N–H and O–H groups in total. The Labute approximate surface area is 97.3 Å². The highest BCUT2D eigenvalue weighted by atomic mass is 16.1. The number of hydrogen-bond acceptors (Lipinski definition) is 3. The highest BCUT2D eigenvalue weighted by molar-refractivity contribution is 5.84.